The summed E-state index contributed by atoms with van der Waals surface area (Å²) >= 11 is 0. The summed E-state index contributed by atoms with van der Waals surface area (Å²) < 4.78 is 0. The Bertz CT molecular complexity index is 141. The minimum absolute atomic E-state index is 0.790. The summed E-state index contributed by atoms with van der Waals surface area (Å²) in [6, 6.07) is 0. The Balaban J connectivity index is 1.78. The third kappa shape index (κ3) is 5.61. The fourth-order valence-electron chi connectivity index (χ4n) is 1.37. The maximum absolute atomic E-state index is 3.50. The summed E-state index contributed by atoms with van der Waals surface area (Å²) in [6.07, 6.45) is 2.90. The highest BCUT2D eigenvalue weighted by Gasteiger charge is 2.19. The van der Waals surface area contributed by atoms with Gasteiger partial charge in [0.25, 0.3) is 0 Å². The Hall–Kier alpha value is -0.0800. The Morgan fingerprint density at radius 3 is 2.29 bits per heavy atom. The average molecular weight is 198 g/mol. The van der Waals surface area contributed by atoms with Gasteiger partial charge in [0.05, 0.1) is 0 Å². The summed E-state index contributed by atoms with van der Waals surface area (Å²) in [6.45, 7) is 11.5. The molecule has 84 valence electrons. The van der Waals surface area contributed by atoms with E-state index in [1.807, 2.05) is 0 Å². The molecule has 0 amide bonds. The zero-order valence-corrected chi connectivity index (χ0v) is 9.97. The predicted molar refractivity (Wildman–Crippen MR) is 62.5 cm³/mol. The van der Waals surface area contributed by atoms with E-state index >= 15 is 0 Å². The molecule has 0 spiro atoms. The molecule has 0 saturated heterocycles. The van der Waals surface area contributed by atoms with Gasteiger partial charge < -0.3 is 10.6 Å². The Kier molecular flexibility index (Phi) is 5.49. The van der Waals surface area contributed by atoms with Crippen molar-refractivity contribution in [2.45, 2.75) is 33.6 Å². The molecular formula is C12H26N2. The minimum Gasteiger partial charge on any atom is -0.315 e. The second-order valence-corrected chi connectivity index (χ2v) is 5.07. The van der Waals surface area contributed by atoms with E-state index < -0.39 is 0 Å². The Morgan fingerprint density at radius 1 is 1.07 bits per heavy atom. The van der Waals surface area contributed by atoms with Gasteiger partial charge in [0.2, 0.25) is 0 Å². The van der Waals surface area contributed by atoms with Crippen molar-refractivity contribution in [2.75, 3.05) is 26.2 Å². The van der Waals surface area contributed by atoms with Gasteiger partial charge in [-0.1, -0.05) is 20.8 Å². The van der Waals surface area contributed by atoms with Gasteiger partial charge in [-0.2, -0.15) is 0 Å². The molecular weight excluding hydrogens is 172 g/mol. The van der Waals surface area contributed by atoms with Gasteiger partial charge >= 0.3 is 0 Å². The molecule has 0 radical (unpaired) electrons. The normalized spacial score (nSPS) is 18.9. The number of hydrogen-bond acceptors (Lipinski definition) is 2. The number of hydrogen-bond donors (Lipinski definition) is 2. The topological polar surface area (TPSA) is 24.1 Å². The van der Waals surface area contributed by atoms with Crippen LogP contribution in [0.25, 0.3) is 0 Å². The van der Waals surface area contributed by atoms with Crippen molar-refractivity contribution in [2.24, 2.45) is 17.8 Å². The summed E-state index contributed by atoms with van der Waals surface area (Å²) in [4.78, 5) is 0. The first-order valence-corrected chi connectivity index (χ1v) is 6.11. The third-order valence-corrected chi connectivity index (χ3v) is 3.21. The highest BCUT2D eigenvalue weighted by atomic mass is 14.9. The quantitative estimate of drug-likeness (QED) is 0.582. The van der Waals surface area contributed by atoms with Crippen molar-refractivity contribution in [3.8, 4) is 0 Å². The lowest BCUT2D eigenvalue weighted by molar-refractivity contribution is 0.392. The lowest BCUT2D eigenvalue weighted by atomic mass is 9.98. The highest BCUT2D eigenvalue weighted by molar-refractivity contribution is 4.75. The molecule has 1 aliphatic carbocycles. The van der Waals surface area contributed by atoms with Crippen molar-refractivity contribution in [3.05, 3.63) is 0 Å². The van der Waals surface area contributed by atoms with E-state index in [1.165, 1.54) is 19.4 Å². The van der Waals surface area contributed by atoms with Crippen LogP contribution in [0, 0.1) is 17.8 Å². The fraction of sp³-hybridized carbons (Fsp3) is 1.00. The van der Waals surface area contributed by atoms with E-state index in [9.17, 15) is 0 Å². The van der Waals surface area contributed by atoms with Gasteiger partial charge in [-0.05, 0) is 43.7 Å². The zero-order valence-electron chi connectivity index (χ0n) is 9.97. The molecule has 2 heteroatoms. The number of nitrogens with one attached hydrogen (secondary N) is 2. The van der Waals surface area contributed by atoms with Gasteiger partial charge in [0.15, 0.2) is 0 Å². The second-order valence-electron chi connectivity index (χ2n) is 5.07. The molecule has 0 aliphatic heterocycles. The first kappa shape index (κ1) is 12.0. The van der Waals surface area contributed by atoms with E-state index in [1.54, 1.807) is 0 Å². The summed E-state index contributed by atoms with van der Waals surface area (Å²) in [5.74, 6) is 2.59. The molecule has 0 heterocycles. The van der Waals surface area contributed by atoms with Gasteiger partial charge in [-0.15, -0.1) is 0 Å². The smallest absolute Gasteiger partial charge is 0.00768 e. The van der Waals surface area contributed by atoms with Crippen molar-refractivity contribution in [1.29, 1.82) is 0 Å². The molecule has 1 rings (SSSR count). The first-order chi connectivity index (χ1) is 6.70. The molecule has 0 aromatic heterocycles. The highest BCUT2D eigenvalue weighted by Crippen LogP contribution is 2.27. The molecule has 0 aromatic rings. The average Bonchev–Trinajstić information content (AvgIpc) is 2.94. The largest absolute Gasteiger partial charge is 0.315 e. The van der Waals surface area contributed by atoms with Crippen LogP contribution in [-0.4, -0.2) is 26.2 Å². The van der Waals surface area contributed by atoms with E-state index in [-0.39, 0.29) is 0 Å². The van der Waals surface area contributed by atoms with Crippen LogP contribution in [0.3, 0.4) is 0 Å². The lowest BCUT2D eigenvalue weighted by Crippen LogP contribution is -2.32. The van der Waals surface area contributed by atoms with Crippen LogP contribution >= 0.6 is 0 Å². The van der Waals surface area contributed by atoms with Crippen LogP contribution in [0.5, 0.6) is 0 Å². The fourth-order valence-corrected chi connectivity index (χ4v) is 1.37. The van der Waals surface area contributed by atoms with E-state index in [0.717, 1.165) is 37.4 Å². The van der Waals surface area contributed by atoms with Crippen molar-refractivity contribution >= 4 is 0 Å². The molecule has 2 nitrogen and oxygen atoms in total. The van der Waals surface area contributed by atoms with Crippen LogP contribution in [0.1, 0.15) is 33.6 Å². The standard InChI is InChI=1S/C12H26N2/c1-10(2)11(3)8-13-6-7-14-9-12-4-5-12/h10-14H,4-9H2,1-3H3. The van der Waals surface area contributed by atoms with Crippen molar-refractivity contribution < 1.29 is 0 Å². The summed E-state index contributed by atoms with van der Waals surface area (Å²) in [7, 11) is 0. The third-order valence-electron chi connectivity index (χ3n) is 3.21. The maximum atomic E-state index is 3.50. The van der Waals surface area contributed by atoms with E-state index in [4.69, 9.17) is 0 Å². The van der Waals surface area contributed by atoms with Crippen LogP contribution in [0.15, 0.2) is 0 Å². The van der Waals surface area contributed by atoms with Gasteiger partial charge in [-0.25, -0.2) is 0 Å². The van der Waals surface area contributed by atoms with E-state index in [0.29, 0.717) is 0 Å². The second kappa shape index (κ2) is 6.41. The molecule has 1 unspecified atom stereocenters. The van der Waals surface area contributed by atoms with Crippen LogP contribution in [-0.2, 0) is 0 Å². The van der Waals surface area contributed by atoms with Crippen molar-refractivity contribution in [1.82, 2.24) is 10.6 Å². The molecule has 14 heavy (non-hydrogen) atoms. The summed E-state index contributed by atoms with van der Waals surface area (Å²) in [5, 5.41) is 6.99. The van der Waals surface area contributed by atoms with Gasteiger partial charge in [-0.3, -0.25) is 0 Å². The molecule has 1 saturated carbocycles. The van der Waals surface area contributed by atoms with Crippen LogP contribution in [0.2, 0.25) is 0 Å². The lowest BCUT2D eigenvalue weighted by Gasteiger charge is -2.16. The molecule has 1 atom stereocenters. The van der Waals surface area contributed by atoms with Gasteiger partial charge in [0.1, 0.15) is 0 Å². The molecule has 2 N–H and O–H groups in total. The maximum Gasteiger partial charge on any atom is 0.00768 e. The minimum atomic E-state index is 0.790. The molecule has 0 aromatic carbocycles. The number of rotatable bonds is 8. The molecule has 0 bridgehead atoms. The molecule has 1 aliphatic rings. The van der Waals surface area contributed by atoms with E-state index in [2.05, 4.69) is 31.4 Å². The zero-order chi connectivity index (χ0) is 10.4. The predicted octanol–water partition coefficient (Wildman–Crippen LogP) is 1.87. The summed E-state index contributed by atoms with van der Waals surface area (Å²) in [5.41, 5.74) is 0. The first-order valence-electron chi connectivity index (χ1n) is 6.11. The Morgan fingerprint density at radius 2 is 1.71 bits per heavy atom. The van der Waals surface area contributed by atoms with Crippen LogP contribution in [0.4, 0.5) is 0 Å². The van der Waals surface area contributed by atoms with Gasteiger partial charge in [0, 0.05) is 13.1 Å². The molecule has 1 fully saturated rings. The van der Waals surface area contributed by atoms with Crippen LogP contribution < -0.4 is 10.6 Å². The van der Waals surface area contributed by atoms with Crippen molar-refractivity contribution in [3.63, 3.8) is 0 Å². The Labute approximate surface area is 88.8 Å². The monoisotopic (exact) mass is 198 g/mol. The SMILES string of the molecule is CC(C)C(C)CNCCNCC1CC1.